The fourth-order valence-electron chi connectivity index (χ4n) is 1.19. The van der Waals surface area contributed by atoms with Crippen molar-refractivity contribution in [3.05, 3.63) is 0 Å². The lowest BCUT2D eigenvalue weighted by Crippen LogP contribution is -2.24. The number of aliphatic hydroxyl groups is 1. The molecule has 2 atom stereocenters. The Kier molecular flexibility index (Phi) is 2.49. The molecule has 0 radical (unpaired) electrons. The average molecular weight is 129 g/mol. The van der Waals surface area contributed by atoms with Crippen LogP contribution in [-0.4, -0.2) is 23.8 Å². The summed E-state index contributed by atoms with van der Waals surface area (Å²) < 4.78 is 0. The summed E-state index contributed by atoms with van der Waals surface area (Å²) in [5.41, 5.74) is 0. The Morgan fingerprint density at radius 3 is 2.89 bits per heavy atom. The van der Waals surface area contributed by atoms with Gasteiger partial charge in [-0.3, -0.25) is 0 Å². The highest BCUT2D eigenvalue weighted by atomic mass is 16.3. The van der Waals surface area contributed by atoms with Crippen LogP contribution < -0.4 is 5.32 Å². The Morgan fingerprint density at radius 2 is 2.11 bits per heavy atom. The summed E-state index contributed by atoms with van der Waals surface area (Å²) in [6.45, 7) is 3.14. The summed E-state index contributed by atoms with van der Waals surface area (Å²) in [6.07, 6.45) is 2.95. The van der Waals surface area contributed by atoms with Crippen molar-refractivity contribution >= 4 is 0 Å². The fourth-order valence-corrected chi connectivity index (χ4v) is 1.19. The number of rotatable bonds is 0. The zero-order valence-electron chi connectivity index (χ0n) is 5.93. The van der Waals surface area contributed by atoms with E-state index in [0.29, 0.717) is 6.04 Å². The topological polar surface area (TPSA) is 32.3 Å². The van der Waals surface area contributed by atoms with Crippen LogP contribution >= 0.6 is 0 Å². The Balaban J connectivity index is 2.25. The zero-order chi connectivity index (χ0) is 6.69. The van der Waals surface area contributed by atoms with Crippen molar-refractivity contribution in [1.29, 1.82) is 0 Å². The first-order valence-corrected chi connectivity index (χ1v) is 3.70. The molecular weight excluding hydrogens is 114 g/mol. The number of hydrogen-bond acceptors (Lipinski definition) is 2. The molecule has 1 aliphatic heterocycles. The third-order valence-corrected chi connectivity index (χ3v) is 1.90. The predicted octanol–water partition coefficient (Wildman–Crippen LogP) is 0.509. The molecule has 0 aromatic heterocycles. The molecule has 0 aromatic rings. The Hall–Kier alpha value is -0.0800. The zero-order valence-corrected chi connectivity index (χ0v) is 5.93. The van der Waals surface area contributed by atoms with Gasteiger partial charge in [-0.2, -0.15) is 0 Å². The second kappa shape index (κ2) is 3.18. The normalized spacial score (nSPS) is 38.0. The lowest BCUT2D eigenvalue weighted by molar-refractivity contribution is 0.160. The summed E-state index contributed by atoms with van der Waals surface area (Å²) in [6, 6.07) is 0.599. The van der Waals surface area contributed by atoms with Crippen molar-refractivity contribution in [3.63, 3.8) is 0 Å². The van der Waals surface area contributed by atoms with Gasteiger partial charge in [0.1, 0.15) is 0 Å². The molecule has 9 heavy (non-hydrogen) atoms. The van der Waals surface area contributed by atoms with E-state index in [1.54, 1.807) is 0 Å². The van der Waals surface area contributed by atoms with Crippen LogP contribution in [0.5, 0.6) is 0 Å². The van der Waals surface area contributed by atoms with Gasteiger partial charge in [0.25, 0.3) is 0 Å². The lowest BCUT2D eigenvalue weighted by Gasteiger charge is -2.06. The van der Waals surface area contributed by atoms with Crippen LogP contribution in [0.3, 0.4) is 0 Å². The van der Waals surface area contributed by atoms with Gasteiger partial charge < -0.3 is 10.4 Å². The van der Waals surface area contributed by atoms with E-state index in [9.17, 15) is 0 Å². The lowest BCUT2D eigenvalue weighted by atomic mass is 10.1. The Bertz CT molecular complexity index is 75.0. The first kappa shape index (κ1) is 7.03. The molecule has 0 amide bonds. The van der Waals surface area contributed by atoms with Gasteiger partial charge in [0.05, 0.1) is 6.10 Å². The van der Waals surface area contributed by atoms with Crippen molar-refractivity contribution < 1.29 is 5.11 Å². The van der Waals surface area contributed by atoms with Crippen LogP contribution in [0.25, 0.3) is 0 Å². The SMILES string of the molecule is C[C@@H]1CC[C@@H](O)CCN1. The molecule has 0 aromatic carbocycles. The second-order valence-electron chi connectivity index (χ2n) is 2.88. The molecule has 2 heteroatoms. The van der Waals surface area contributed by atoms with E-state index in [4.69, 9.17) is 5.11 Å². The van der Waals surface area contributed by atoms with Crippen LogP contribution in [0.1, 0.15) is 26.2 Å². The molecule has 54 valence electrons. The molecule has 2 N–H and O–H groups in total. The van der Waals surface area contributed by atoms with Gasteiger partial charge in [-0.25, -0.2) is 0 Å². The maximum atomic E-state index is 9.17. The minimum Gasteiger partial charge on any atom is -0.393 e. The van der Waals surface area contributed by atoms with E-state index >= 15 is 0 Å². The third kappa shape index (κ3) is 2.33. The minimum absolute atomic E-state index is 0.0533. The van der Waals surface area contributed by atoms with Crippen molar-refractivity contribution in [2.24, 2.45) is 0 Å². The molecule has 1 aliphatic rings. The van der Waals surface area contributed by atoms with Crippen LogP contribution in [0.2, 0.25) is 0 Å². The van der Waals surface area contributed by atoms with Crippen LogP contribution in [0.4, 0.5) is 0 Å². The van der Waals surface area contributed by atoms with Gasteiger partial charge >= 0.3 is 0 Å². The Labute approximate surface area is 56.3 Å². The van der Waals surface area contributed by atoms with Crippen LogP contribution in [0.15, 0.2) is 0 Å². The molecule has 1 fully saturated rings. The summed E-state index contributed by atoms with van der Waals surface area (Å²) in [5.74, 6) is 0. The van der Waals surface area contributed by atoms with E-state index in [0.717, 1.165) is 25.8 Å². The molecule has 1 heterocycles. The molecule has 0 unspecified atom stereocenters. The molecule has 0 aliphatic carbocycles. The van der Waals surface area contributed by atoms with Crippen LogP contribution in [-0.2, 0) is 0 Å². The summed E-state index contributed by atoms with van der Waals surface area (Å²) >= 11 is 0. The van der Waals surface area contributed by atoms with Gasteiger partial charge in [0, 0.05) is 6.04 Å². The molecular formula is C7H15NO. The number of aliphatic hydroxyl groups excluding tert-OH is 1. The van der Waals surface area contributed by atoms with Gasteiger partial charge in [-0.15, -0.1) is 0 Å². The smallest absolute Gasteiger partial charge is 0.0553 e. The largest absolute Gasteiger partial charge is 0.393 e. The summed E-state index contributed by atoms with van der Waals surface area (Å²) in [7, 11) is 0. The summed E-state index contributed by atoms with van der Waals surface area (Å²) in [4.78, 5) is 0. The van der Waals surface area contributed by atoms with Gasteiger partial charge in [-0.05, 0) is 32.7 Å². The monoisotopic (exact) mass is 129 g/mol. The standard InChI is InChI=1S/C7H15NO/c1-6-2-3-7(9)4-5-8-6/h6-9H,2-5H2,1H3/t6-,7-/m1/s1. The molecule has 0 spiro atoms. The number of nitrogens with one attached hydrogen (secondary N) is 1. The molecule has 0 bridgehead atoms. The highest BCUT2D eigenvalue weighted by Crippen LogP contribution is 2.07. The fraction of sp³-hybridized carbons (Fsp3) is 1.00. The van der Waals surface area contributed by atoms with E-state index in [1.165, 1.54) is 0 Å². The molecule has 2 nitrogen and oxygen atoms in total. The van der Waals surface area contributed by atoms with Gasteiger partial charge in [0.2, 0.25) is 0 Å². The van der Waals surface area contributed by atoms with E-state index in [-0.39, 0.29) is 6.10 Å². The van der Waals surface area contributed by atoms with Crippen molar-refractivity contribution in [1.82, 2.24) is 5.32 Å². The first-order chi connectivity index (χ1) is 4.29. The van der Waals surface area contributed by atoms with Crippen molar-refractivity contribution in [2.75, 3.05) is 6.54 Å². The Morgan fingerprint density at radius 1 is 1.33 bits per heavy atom. The first-order valence-electron chi connectivity index (χ1n) is 3.70. The minimum atomic E-state index is -0.0533. The van der Waals surface area contributed by atoms with Crippen molar-refractivity contribution in [2.45, 2.75) is 38.3 Å². The van der Waals surface area contributed by atoms with Crippen LogP contribution in [0, 0.1) is 0 Å². The van der Waals surface area contributed by atoms with E-state index < -0.39 is 0 Å². The predicted molar refractivity (Wildman–Crippen MR) is 37.3 cm³/mol. The molecule has 1 saturated heterocycles. The number of hydrogen-bond donors (Lipinski definition) is 2. The van der Waals surface area contributed by atoms with Gasteiger partial charge in [-0.1, -0.05) is 0 Å². The van der Waals surface area contributed by atoms with E-state index in [1.807, 2.05) is 0 Å². The van der Waals surface area contributed by atoms with E-state index in [2.05, 4.69) is 12.2 Å². The quantitative estimate of drug-likeness (QED) is 0.499. The van der Waals surface area contributed by atoms with Gasteiger partial charge in [0.15, 0.2) is 0 Å². The van der Waals surface area contributed by atoms with Crippen molar-refractivity contribution in [3.8, 4) is 0 Å². The molecule has 1 rings (SSSR count). The molecule has 0 saturated carbocycles. The average Bonchev–Trinajstić information content (AvgIpc) is 1.97. The highest BCUT2D eigenvalue weighted by molar-refractivity contribution is 4.70. The highest BCUT2D eigenvalue weighted by Gasteiger charge is 2.11. The third-order valence-electron chi connectivity index (χ3n) is 1.90. The second-order valence-corrected chi connectivity index (χ2v) is 2.88. The summed E-state index contributed by atoms with van der Waals surface area (Å²) in [5, 5.41) is 12.5. The maximum Gasteiger partial charge on any atom is 0.0553 e. The maximum absolute atomic E-state index is 9.17.